The van der Waals surface area contributed by atoms with Crippen molar-refractivity contribution in [3.05, 3.63) is 47.0 Å². The molecule has 2 amide bonds. The zero-order valence-electron chi connectivity index (χ0n) is 17.1. The Morgan fingerprint density at radius 3 is 2.55 bits per heavy atom. The first-order valence-electron chi connectivity index (χ1n) is 11.0. The van der Waals surface area contributed by atoms with E-state index in [0.29, 0.717) is 11.5 Å². The minimum absolute atomic E-state index is 0.00395. The monoisotopic (exact) mass is 392 g/mol. The van der Waals surface area contributed by atoms with Crippen molar-refractivity contribution in [2.45, 2.75) is 64.5 Å². The number of likely N-dealkylation sites (tertiary alicyclic amines) is 1. The number of amides is 2. The van der Waals surface area contributed by atoms with Crippen molar-refractivity contribution in [3.8, 4) is 0 Å². The second kappa shape index (κ2) is 7.32. The maximum absolute atomic E-state index is 13.6. The summed E-state index contributed by atoms with van der Waals surface area (Å²) < 4.78 is 2.02. The van der Waals surface area contributed by atoms with Crippen LogP contribution in [0.4, 0.5) is 5.69 Å². The highest BCUT2D eigenvalue weighted by Crippen LogP contribution is 2.34. The molecule has 1 fully saturated rings. The minimum atomic E-state index is -0.0803. The molecule has 6 heteroatoms. The highest BCUT2D eigenvalue weighted by atomic mass is 16.2. The molecule has 1 saturated heterocycles. The van der Waals surface area contributed by atoms with E-state index in [2.05, 4.69) is 13.0 Å². The molecule has 0 N–H and O–H groups in total. The van der Waals surface area contributed by atoms with E-state index in [-0.39, 0.29) is 17.9 Å². The van der Waals surface area contributed by atoms with Crippen molar-refractivity contribution < 1.29 is 9.59 Å². The van der Waals surface area contributed by atoms with Crippen LogP contribution in [-0.4, -0.2) is 45.4 Å². The third kappa shape index (κ3) is 3.05. The van der Waals surface area contributed by atoms with Crippen LogP contribution in [0.1, 0.15) is 71.4 Å². The van der Waals surface area contributed by atoms with E-state index in [1.165, 1.54) is 12.0 Å². The number of hydrogen-bond acceptors (Lipinski definition) is 3. The molecule has 2 aromatic rings. The van der Waals surface area contributed by atoms with Crippen LogP contribution in [0.3, 0.4) is 0 Å². The lowest BCUT2D eigenvalue weighted by Crippen LogP contribution is -2.37. The van der Waals surface area contributed by atoms with Crippen molar-refractivity contribution in [1.29, 1.82) is 0 Å². The number of anilines is 1. The van der Waals surface area contributed by atoms with Crippen LogP contribution in [0, 0.1) is 0 Å². The summed E-state index contributed by atoms with van der Waals surface area (Å²) in [6, 6.07) is 8.19. The second-order valence-corrected chi connectivity index (χ2v) is 8.55. The quantitative estimate of drug-likeness (QED) is 0.787. The summed E-state index contributed by atoms with van der Waals surface area (Å²) in [4.78, 5) is 35.3. The molecule has 5 rings (SSSR count). The summed E-state index contributed by atoms with van der Waals surface area (Å²) in [7, 11) is 0. The van der Waals surface area contributed by atoms with Crippen LogP contribution >= 0.6 is 0 Å². The lowest BCUT2D eigenvalue weighted by molar-refractivity contribution is 0.0717. The number of carbonyl (C=O) groups is 2. The molecule has 3 aliphatic rings. The average molecular weight is 393 g/mol. The van der Waals surface area contributed by atoms with Crippen LogP contribution in [0.2, 0.25) is 0 Å². The van der Waals surface area contributed by atoms with Crippen molar-refractivity contribution in [3.63, 3.8) is 0 Å². The Kier molecular flexibility index (Phi) is 4.64. The molecule has 1 unspecified atom stereocenters. The Balaban J connectivity index is 1.53. The first-order valence-corrected chi connectivity index (χ1v) is 11.0. The second-order valence-electron chi connectivity index (χ2n) is 8.55. The highest BCUT2D eigenvalue weighted by molar-refractivity contribution is 6.07. The Morgan fingerprint density at radius 1 is 0.966 bits per heavy atom. The molecular formula is C23H28N4O2. The molecule has 0 radical (unpaired) electrons. The smallest absolute Gasteiger partial charge is 0.294 e. The normalized spacial score (nSPS) is 21.1. The van der Waals surface area contributed by atoms with Gasteiger partial charge < -0.3 is 14.4 Å². The first kappa shape index (κ1) is 18.4. The van der Waals surface area contributed by atoms with E-state index in [0.717, 1.165) is 69.5 Å². The van der Waals surface area contributed by atoms with E-state index >= 15 is 0 Å². The highest BCUT2D eigenvalue weighted by Gasteiger charge is 2.36. The number of aromatic nitrogens is 2. The van der Waals surface area contributed by atoms with Gasteiger partial charge in [-0.15, -0.1) is 0 Å². The lowest BCUT2D eigenvalue weighted by atomic mass is 10.1. The van der Waals surface area contributed by atoms with E-state index in [1.54, 1.807) is 0 Å². The van der Waals surface area contributed by atoms with Gasteiger partial charge in [0.15, 0.2) is 0 Å². The summed E-state index contributed by atoms with van der Waals surface area (Å²) in [6.07, 6.45) is 7.03. The summed E-state index contributed by atoms with van der Waals surface area (Å²) in [6.45, 7) is 4.44. The topological polar surface area (TPSA) is 58.4 Å². The van der Waals surface area contributed by atoms with E-state index < -0.39 is 0 Å². The van der Waals surface area contributed by atoms with Crippen molar-refractivity contribution in [2.75, 3.05) is 18.0 Å². The summed E-state index contributed by atoms with van der Waals surface area (Å²) in [5.74, 6) is 0.358. The molecular weight excluding hydrogens is 364 g/mol. The first-order chi connectivity index (χ1) is 14.1. The summed E-state index contributed by atoms with van der Waals surface area (Å²) >= 11 is 0. The van der Waals surface area contributed by atoms with Gasteiger partial charge in [-0.1, -0.05) is 18.2 Å². The molecule has 0 aliphatic carbocycles. The Hall–Kier alpha value is -2.63. The van der Waals surface area contributed by atoms with Crippen LogP contribution in [0.5, 0.6) is 0 Å². The standard InChI is InChI=1S/C23H28N4O2/c1-16-15-17-9-3-4-10-18(17)27(16)23(29)21-24-20(19-11-5-8-14-26(19)21)22(28)25-12-6-2-7-13-25/h3-4,9-10,16H,2,5-8,11-15H2,1H3. The largest absolute Gasteiger partial charge is 0.337 e. The molecule has 1 aromatic heterocycles. The summed E-state index contributed by atoms with van der Waals surface area (Å²) in [5, 5.41) is 0. The predicted molar refractivity (Wildman–Crippen MR) is 111 cm³/mol. The fourth-order valence-corrected chi connectivity index (χ4v) is 5.11. The van der Waals surface area contributed by atoms with Crippen LogP contribution in [0.15, 0.2) is 24.3 Å². The van der Waals surface area contributed by atoms with Crippen molar-refractivity contribution in [2.24, 2.45) is 0 Å². The SMILES string of the molecule is CC1Cc2ccccc2N1C(=O)c1nc(C(=O)N2CCCCC2)c2n1CCCC2. The van der Waals surface area contributed by atoms with E-state index in [4.69, 9.17) is 4.98 Å². The molecule has 6 nitrogen and oxygen atoms in total. The molecule has 29 heavy (non-hydrogen) atoms. The number of imidazole rings is 1. The van der Waals surface area contributed by atoms with Gasteiger partial charge in [0.2, 0.25) is 5.82 Å². The third-order valence-corrected chi connectivity index (χ3v) is 6.58. The van der Waals surface area contributed by atoms with Gasteiger partial charge in [0.05, 0.1) is 5.69 Å². The maximum atomic E-state index is 13.6. The third-order valence-electron chi connectivity index (χ3n) is 6.58. The van der Waals surface area contributed by atoms with Gasteiger partial charge in [-0.2, -0.15) is 0 Å². The number of rotatable bonds is 2. The van der Waals surface area contributed by atoms with Gasteiger partial charge in [-0.25, -0.2) is 4.98 Å². The van der Waals surface area contributed by atoms with Gasteiger partial charge in [0, 0.05) is 31.4 Å². The molecule has 0 saturated carbocycles. The predicted octanol–water partition coefficient (Wildman–Crippen LogP) is 3.44. The fourth-order valence-electron chi connectivity index (χ4n) is 5.11. The Bertz CT molecular complexity index is 958. The number of fused-ring (bicyclic) bond motifs is 2. The molecule has 1 aromatic carbocycles. The van der Waals surface area contributed by atoms with Gasteiger partial charge >= 0.3 is 0 Å². The van der Waals surface area contributed by atoms with Gasteiger partial charge in [0.25, 0.3) is 11.8 Å². The van der Waals surface area contributed by atoms with Crippen molar-refractivity contribution >= 4 is 17.5 Å². The van der Waals surface area contributed by atoms with Gasteiger partial charge in [-0.05, 0) is 63.5 Å². The summed E-state index contributed by atoms with van der Waals surface area (Å²) in [5.41, 5.74) is 3.64. The lowest BCUT2D eigenvalue weighted by Gasteiger charge is -2.26. The van der Waals surface area contributed by atoms with E-state index in [9.17, 15) is 9.59 Å². The molecule has 0 spiro atoms. The molecule has 152 valence electrons. The van der Waals surface area contributed by atoms with E-state index in [1.807, 2.05) is 32.6 Å². The number of hydrogen-bond donors (Lipinski definition) is 0. The Morgan fingerprint density at radius 2 is 1.72 bits per heavy atom. The molecule has 0 bridgehead atoms. The van der Waals surface area contributed by atoms with Crippen LogP contribution in [0.25, 0.3) is 0 Å². The zero-order chi connectivity index (χ0) is 20.0. The average Bonchev–Trinajstić information content (AvgIpc) is 3.31. The maximum Gasteiger partial charge on any atom is 0.294 e. The molecule has 4 heterocycles. The van der Waals surface area contributed by atoms with Crippen molar-refractivity contribution in [1.82, 2.24) is 14.5 Å². The molecule has 3 aliphatic heterocycles. The fraction of sp³-hybridized carbons (Fsp3) is 0.522. The number of piperidine rings is 1. The number of carbonyl (C=O) groups excluding carboxylic acids is 2. The number of nitrogens with zero attached hydrogens (tertiary/aromatic N) is 4. The van der Waals surface area contributed by atoms with Crippen LogP contribution < -0.4 is 4.90 Å². The Labute approximate surface area is 171 Å². The minimum Gasteiger partial charge on any atom is -0.337 e. The molecule has 1 atom stereocenters. The number of para-hydroxylation sites is 1. The van der Waals surface area contributed by atoms with Gasteiger partial charge in [0.1, 0.15) is 5.69 Å². The van der Waals surface area contributed by atoms with Gasteiger partial charge in [-0.3, -0.25) is 9.59 Å². The van der Waals surface area contributed by atoms with Crippen LogP contribution in [-0.2, 0) is 19.4 Å². The zero-order valence-corrected chi connectivity index (χ0v) is 17.1. The number of benzene rings is 1.